The molecule has 0 aliphatic heterocycles. The predicted molar refractivity (Wildman–Crippen MR) is 78.2 cm³/mol. The van der Waals surface area contributed by atoms with E-state index < -0.39 is 4.92 Å². The van der Waals surface area contributed by atoms with Crippen LogP contribution >= 0.6 is 0 Å². The van der Waals surface area contributed by atoms with Gasteiger partial charge in [0, 0.05) is 38.8 Å². The van der Waals surface area contributed by atoms with E-state index in [4.69, 9.17) is 0 Å². The van der Waals surface area contributed by atoms with E-state index in [1.807, 2.05) is 19.0 Å². The van der Waals surface area contributed by atoms with Gasteiger partial charge in [-0.25, -0.2) is 0 Å². The minimum Gasteiger partial charge on any atom is -0.383 e. The smallest absolute Gasteiger partial charge is 0.292 e. The van der Waals surface area contributed by atoms with Crippen LogP contribution < -0.4 is 5.32 Å². The number of benzene rings is 1. The molecule has 0 bridgehead atoms. The molecule has 1 N–H and O–H groups in total. The fourth-order valence-electron chi connectivity index (χ4n) is 1.70. The highest BCUT2D eigenvalue weighted by Gasteiger charge is 2.18. The minimum atomic E-state index is -0.476. The van der Waals surface area contributed by atoms with Crippen molar-refractivity contribution in [2.75, 3.05) is 46.6 Å². The van der Waals surface area contributed by atoms with Crippen molar-refractivity contribution >= 4 is 17.3 Å². The molecule has 1 amide bonds. The number of anilines is 1. The van der Waals surface area contributed by atoms with Crippen LogP contribution in [-0.2, 0) is 0 Å². The van der Waals surface area contributed by atoms with Crippen molar-refractivity contribution in [2.24, 2.45) is 0 Å². The zero-order valence-electron chi connectivity index (χ0n) is 12.2. The Balaban J connectivity index is 2.91. The summed E-state index contributed by atoms with van der Waals surface area (Å²) in [4.78, 5) is 26.2. The fourth-order valence-corrected chi connectivity index (χ4v) is 1.70. The number of hydrogen-bond donors (Lipinski definition) is 1. The van der Waals surface area contributed by atoms with Crippen LogP contribution in [0.15, 0.2) is 18.2 Å². The molecule has 0 atom stereocenters. The highest BCUT2D eigenvalue weighted by Crippen LogP contribution is 2.25. The largest absolute Gasteiger partial charge is 0.383 e. The number of rotatable bonds is 6. The van der Waals surface area contributed by atoms with Gasteiger partial charge in [0.05, 0.1) is 4.92 Å². The minimum absolute atomic E-state index is 0.0417. The van der Waals surface area contributed by atoms with Crippen LogP contribution in [0.5, 0.6) is 0 Å². The molecule has 0 radical (unpaired) electrons. The second kappa shape index (κ2) is 6.85. The van der Waals surface area contributed by atoms with E-state index in [2.05, 4.69) is 5.32 Å². The summed E-state index contributed by atoms with van der Waals surface area (Å²) in [5.41, 5.74) is 0.725. The standard InChI is InChI=1S/C13H20N4O3/c1-14-11-9-10(5-6-12(11)17(19)20)13(18)16(4)8-7-15(2)3/h5-6,9,14H,7-8H2,1-4H3. The topological polar surface area (TPSA) is 78.7 Å². The molecule has 1 aromatic rings. The molecule has 0 spiro atoms. The molecule has 7 nitrogen and oxygen atoms in total. The summed E-state index contributed by atoms with van der Waals surface area (Å²) in [5, 5.41) is 13.6. The van der Waals surface area contributed by atoms with Crippen LogP contribution in [0.2, 0.25) is 0 Å². The number of nitrogens with zero attached hydrogens (tertiary/aromatic N) is 3. The van der Waals surface area contributed by atoms with Gasteiger partial charge in [-0.1, -0.05) is 0 Å². The first kappa shape index (κ1) is 15.9. The van der Waals surface area contributed by atoms with Gasteiger partial charge >= 0.3 is 0 Å². The van der Waals surface area contributed by atoms with Crippen LogP contribution in [0.4, 0.5) is 11.4 Å². The van der Waals surface area contributed by atoms with Crippen molar-refractivity contribution in [1.29, 1.82) is 0 Å². The zero-order chi connectivity index (χ0) is 15.3. The number of amides is 1. The summed E-state index contributed by atoms with van der Waals surface area (Å²) in [6, 6.07) is 4.33. The van der Waals surface area contributed by atoms with Crippen molar-refractivity contribution in [2.45, 2.75) is 0 Å². The van der Waals surface area contributed by atoms with Gasteiger partial charge in [0.1, 0.15) is 5.69 Å². The maximum atomic E-state index is 12.2. The Bertz CT molecular complexity index is 502. The maximum Gasteiger partial charge on any atom is 0.292 e. The molecule has 0 aromatic heterocycles. The van der Waals surface area contributed by atoms with E-state index in [0.29, 0.717) is 17.8 Å². The Kier molecular flexibility index (Phi) is 5.45. The van der Waals surface area contributed by atoms with E-state index >= 15 is 0 Å². The molecule has 20 heavy (non-hydrogen) atoms. The fraction of sp³-hybridized carbons (Fsp3) is 0.462. The molecule has 1 rings (SSSR count). The number of nitro benzene ring substituents is 1. The molecular weight excluding hydrogens is 260 g/mol. The average molecular weight is 280 g/mol. The lowest BCUT2D eigenvalue weighted by atomic mass is 10.1. The van der Waals surface area contributed by atoms with Gasteiger partial charge in [0.15, 0.2) is 0 Å². The zero-order valence-corrected chi connectivity index (χ0v) is 12.2. The first-order chi connectivity index (χ1) is 9.36. The lowest BCUT2D eigenvalue weighted by Crippen LogP contribution is -2.33. The van der Waals surface area contributed by atoms with E-state index in [9.17, 15) is 14.9 Å². The van der Waals surface area contributed by atoms with Crippen LogP contribution in [0.1, 0.15) is 10.4 Å². The lowest BCUT2D eigenvalue weighted by molar-refractivity contribution is -0.383. The first-order valence-electron chi connectivity index (χ1n) is 6.23. The van der Waals surface area contributed by atoms with Crippen molar-refractivity contribution < 1.29 is 9.72 Å². The molecule has 0 saturated carbocycles. The van der Waals surface area contributed by atoms with Crippen LogP contribution in [0.25, 0.3) is 0 Å². The Morgan fingerprint density at radius 2 is 1.95 bits per heavy atom. The molecule has 0 saturated heterocycles. The number of carbonyl (C=O) groups is 1. The van der Waals surface area contributed by atoms with Gasteiger partial charge in [0.2, 0.25) is 0 Å². The summed E-state index contributed by atoms with van der Waals surface area (Å²) < 4.78 is 0. The van der Waals surface area contributed by atoms with Crippen molar-refractivity contribution in [3.05, 3.63) is 33.9 Å². The van der Waals surface area contributed by atoms with E-state index in [1.165, 1.54) is 18.2 Å². The Morgan fingerprint density at radius 1 is 1.30 bits per heavy atom. The van der Waals surface area contributed by atoms with Gasteiger partial charge in [-0.05, 0) is 26.2 Å². The molecule has 0 fully saturated rings. The number of nitrogens with one attached hydrogen (secondary N) is 1. The van der Waals surface area contributed by atoms with Crippen LogP contribution in [0.3, 0.4) is 0 Å². The van der Waals surface area contributed by atoms with E-state index in [1.54, 1.807) is 19.0 Å². The van der Waals surface area contributed by atoms with Gasteiger partial charge in [0.25, 0.3) is 11.6 Å². The molecule has 110 valence electrons. The monoisotopic (exact) mass is 280 g/mol. The Labute approximate surface area is 118 Å². The first-order valence-corrected chi connectivity index (χ1v) is 6.23. The van der Waals surface area contributed by atoms with Crippen LogP contribution in [-0.4, -0.2) is 61.9 Å². The third kappa shape index (κ3) is 3.92. The summed E-state index contributed by atoms with van der Waals surface area (Å²) in [7, 11) is 7.17. The summed E-state index contributed by atoms with van der Waals surface area (Å²) in [5.74, 6) is -0.154. The van der Waals surface area contributed by atoms with E-state index in [0.717, 1.165) is 6.54 Å². The molecule has 1 aromatic carbocycles. The maximum absolute atomic E-state index is 12.2. The summed E-state index contributed by atoms with van der Waals surface area (Å²) in [6.07, 6.45) is 0. The molecule has 7 heteroatoms. The second-order valence-corrected chi connectivity index (χ2v) is 4.77. The number of carbonyl (C=O) groups excluding carboxylic acids is 1. The van der Waals surface area contributed by atoms with E-state index in [-0.39, 0.29) is 11.6 Å². The molecule has 0 unspecified atom stereocenters. The molecule has 0 aliphatic carbocycles. The van der Waals surface area contributed by atoms with Gasteiger partial charge in [-0.2, -0.15) is 0 Å². The van der Waals surface area contributed by atoms with Gasteiger partial charge in [-0.15, -0.1) is 0 Å². The van der Waals surface area contributed by atoms with Gasteiger partial charge in [-0.3, -0.25) is 14.9 Å². The third-order valence-corrected chi connectivity index (χ3v) is 2.94. The Hall–Kier alpha value is -2.15. The lowest BCUT2D eigenvalue weighted by Gasteiger charge is -2.20. The average Bonchev–Trinajstić information content (AvgIpc) is 2.42. The normalized spacial score (nSPS) is 10.4. The van der Waals surface area contributed by atoms with Crippen molar-refractivity contribution in [1.82, 2.24) is 9.80 Å². The predicted octanol–water partition coefficient (Wildman–Crippen LogP) is 1.27. The number of likely N-dealkylation sites (N-methyl/N-ethyl adjacent to an activating group) is 2. The molecule has 0 aliphatic rings. The van der Waals surface area contributed by atoms with Crippen LogP contribution in [0, 0.1) is 10.1 Å². The highest BCUT2D eigenvalue weighted by molar-refractivity contribution is 5.95. The number of nitro groups is 1. The second-order valence-electron chi connectivity index (χ2n) is 4.77. The van der Waals surface area contributed by atoms with Crippen molar-refractivity contribution in [3.63, 3.8) is 0 Å². The quantitative estimate of drug-likeness (QED) is 0.627. The summed E-state index contributed by atoms with van der Waals surface area (Å²) >= 11 is 0. The summed E-state index contributed by atoms with van der Waals surface area (Å²) in [6.45, 7) is 1.35. The SMILES string of the molecule is CNc1cc(C(=O)N(C)CCN(C)C)ccc1[N+](=O)[O-]. The third-order valence-electron chi connectivity index (χ3n) is 2.94. The highest BCUT2D eigenvalue weighted by atomic mass is 16.6. The van der Waals surface area contributed by atoms with Gasteiger partial charge < -0.3 is 15.1 Å². The molecular formula is C13H20N4O3. The Morgan fingerprint density at radius 3 is 2.45 bits per heavy atom. The number of hydrogen-bond acceptors (Lipinski definition) is 5. The van der Waals surface area contributed by atoms with Crippen molar-refractivity contribution in [3.8, 4) is 0 Å². The molecule has 0 heterocycles.